The first-order valence-corrected chi connectivity index (χ1v) is 15.6. The zero-order chi connectivity index (χ0) is 28.3. The summed E-state index contributed by atoms with van der Waals surface area (Å²) >= 11 is 0. The van der Waals surface area contributed by atoms with Gasteiger partial charge in [0.15, 0.2) is 0 Å². The lowest BCUT2D eigenvalue weighted by Crippen LogP contribution is -2.38. The minimum atomic E-state index is -0.401. The van der Waals surface area contributed by atoms with Crippen molar-refractivity contribution in [1.29, 1.82) is 0 Å². The van der Waals surface area contributed by atoms with Crippen LogP contribution in [0.15, 0.2) is 60.7 Å². The van der Waals surface area contributed by atoms with E-state index in [2.05, 4.69) is 54.1 Å². The van der Waals surface area contributed by atoms with Gasteiger partial charge in [0.2, 0.25) is 5.91 Å². The summed E-state index contributed by atoms with van der Waals surface area (Å²) in [7, 11) is 0. The maximum absolute atomic E-state index is 13.9. The molecule has 2 atom stereocenters. The number of hydrogen-bond donors (Lipinski definition) is 2. The molecular weight excluding hydrogens is 506 g/mol. The van der Waals surface area contributed by atoms with E-state index < -0.39 is 6.04 Å². The predicted molar refractivity (Wildman–Crippen MR) is 165 cm³/mol. The average molecular weight is 550 g/mol. The Balaban J connectivity index is 1.29. The lowest BCUT2D eigenvalue weighted by atomic mass is 9.76. The van der Waals surface area contributed by atoms with Crippen molar-refractivity contribution in [1.82, 2.24) is 14.9 Å². The number of benzene rings is 2. The predicted octanol–water partition coefficient (Wildman–Crippen LogP) is 7.09. The standard InChI is InChI=1S/C36H43N3O2/c1-24-21-25(2)37-35-33(24)30-15-9-10-16-32(30)39(35)22-26-17-19-29(20-18-26)34(28-13-7-4-8-14-28)36(41)38-31(23-40)27-11-5-3-6-12-27/h3,5-6,11-12,17-21,28,31,34,40H,4,7-10,13-16,22-23H2,1-2H3,(H,38,41)/t31-,34?/m0/s1. The molecule has 0 radical (unpaired) electrons. The van der Waals surface area contributed by atoms with Gasteiger partial charge in [0.25, 0.3) is 0 Å². The van der Waals surface area contributed by atoms with E-state index in [1.165, 1.54) is 59.9 Å². The molecule has 1 fully saturated rings. The topological polar surface area (TPSA) is 67.2 Å². The van der Waals surface area contributed by atoms with Crippen LogP contribution >= 0.6 is 0 Å². The molecular formula is C36H43N3O2. The van der Waals surface area contributed by atoms with Crippen LogP contribution in [-0.2, 0) is 24.2 Å². The van der Waals surface area contributed by atoms with E-state index in [0.717, 1.165) is 54.7 Å². The number of rotatable bonds is 8. The molecule has 1 amide bonds. The summed E-state index contributed by atoms with van der Waals surface area (Å²) in [5.41, 5.74) is 9.71. The first kappa shape index (κ1) is 27.7. The number of nitrogens with one attached hydrogen (secondary N) is 1. The lowest BCUT2D eigenvalue weighted by Gasteiger charge is -2.31. The van der Waals surface area contributed by atoms with E-state index in [4.69, 9.17) is 4.98 Å². The van der Waals surface area contributed by atoms with Crippen LogP contribution in [-0.4, -0.2) is 27.2 Å². The molecule has 2 aliphatic rings. The van der Waals surface area contributed by atoms with Gasteiger partial charge in [-0.05, 0) is 92.2 Å². The van der Waals surface area contributed by atoms with Gasteiger partial charge in [0, 0.05) is 23.3 Å². The van der Waals surface area contributed by atoms with E-state index in [1.807, 2.05) is 30.3 Å². The molecule has 0 aliphatic heterocycles. The zero-order valence-corrected chi connectivity index (χ0v) is 24.5. The third-order valence-corrected chi connectivity index (χ3v) is 9.43. The Hall–Kier alpha value is -3.44. The summed E-state index contributed by atoms with van der Waals surface area (Å²) in [6, 6.07) is 20.4. The Morgan fingerprint density at radius 2 is 1.68 bits per heavy atom. The quantitative estimate of drug-likeness (QED) is 0.246. The third kappa shape index (κ3) is 5.70. The minimum Gasteiger partial charge on any atom is -0.394 e. The fourth-order valence-electron chi connectivity index (χ4n) is 7.44. The van der Waals surface area contributed by atoms with Crippen molar-refractivity contribution >= 4 is 16.9 Å². The second-order valence-electron chi connectivity index (χ2n) is 12.3. The molecule has 4 aromatic rings. The number of hydrogen-bond acceptors (Lipinski definition) is 3. The van der Waals surface area contributed by atoms with Crippen molar-refractivity contribution in [2.24, 2.45) is 5.92 Å². The first-order valence-electron chi connectivity index (χ1n) is 15.6. The highest BCUT2D eigenvalue weighted by molar-refractivity contribution is 5.86. The number of aliphatic hydroxyl groups excluding tert-OH is 1. The smallest absolute Gasteiger partial charge is 0.228 e. The molecule has 1 unspecified atom stereocenters. The summed E-state index contributed by atoms with van der Waals surface area (Å²) in [6.45, 7) is 4.99. The second kappa shape index (κ2) is 12.2. The Morgan fingerprint density at radius 3 is 2.41 bits per heavy atom. The maximum Gasteiger partial charge on any atom is 0.228 e. The number of fused-ring (bicyclic) bond motifs is 3. The normalized spacial score (nSPS) is 17.2. The van der Waals surface area contributed by atoms with Gasteiger partial charge in [0.05, 0.1) is 18.6 Å². The van der Waals surface area contributed by atoms with E-state index in [9.17, 15) is 9.90 Å². The second-order valence-corrected chi connectivity index (χ2v) is 12.3. The molecule has 2 heterocycles. The Kier molecular flexibility index (Phi) is 8.25. The molecule has 2 aromatic heterocycles. The number of carbonyl (C=O) groups is 1. The summed E-state index contributed by atoms with van der Waals surface area (Å²) < 4.78 is 2.45. The monoisotopic (exact) mass is 549 g/mol. The first-order chi connectivity index (χ1) is 20.0. The summed E-state index contributed by atoms with van der Waals surface area (Å²) in [4.78, 5) is 18.9. The maximum atomic E-state index is 13.9. The van der Waals surface area contributed by atoms with E-state index >= 15 is 0 Å². The molecule has 2 N–H and O–H groups in total. The van der Waals surface area contributed by atoms with Gasteiger partial charge in [-0.1, -0.05) is 73.9 Å². The minimum absolute atomic E-state index is 0.0215. The van der Waals surface area contributed by atoms with Gasteiger partial charge in [-0.2, -0.15) is 0 Å². The van der Waals surface area contributed by atoms with Crippen LogP contribution in [0.25, 0.3) is 11.0 Å². The summed E-state index contributed by atoms with van der Waals surface area (Å²) in [5, 5.41) is 14.7. The van der Waals surface area contributed by atoms with Crippen molar-refractivity contribution < 1.29 is 9.90 Å². The fourth-order valence-corrected chi connectivity index (χ4v) is 7.44. The van der Waals surface area contributed by atoms with Gasteiger partial charge in [-0.15, -0.1) is 0 Å². The van der Waals surface area contributed by atoms with Crippen LogP contribution in [0.5, 0.6) is 0 Å². The number of nitrogens with zero attached hydrogens (tertiary/aromatic N) is 2. The van der Waals surface area contributed by atoms with E-state index in [-0.39, 0.29) is 18.4 Å². The van der Waals surface area contributed by atoms with Gasteiger partial charge < -0.3 is 15.0 Å². The molecule has 0 bridgehead atoms. The SMILES string of the molecule is Cc1cc(C)c2c3c(n(Cc4ccc(C(C(=O)N[C@@H](CO)c5ccccc5)C5CCCCC5)cc4)c2n1)CCCC3. The number of aryl methyl sites for hydroxylation is 3. The molecule has 0 saturated heterocycles. The van der Waals surface area contributed by atoms with Gasteiger partial charge in [-0.3, -0.25) is 4.79 Å². The van der Waals surface area contributed by atoms with Crippen molar-refractivity contribution in [2.45, 2.75) is 90.1 Å². The fraction of sp³-hybridized carbons (Fsp3) is 0.444. The number of aromatic nitrogens is 2. The average Bonchev–Trinajstić information content (AvgIpc) is 3.31. The Labute approximate surface area is 244 Å². The number of carbonyl (C=O) groups excluding carboxylic acids is 1. The van der Waals surface area contributed by atoms with Crippen molar-refractivity contribution in [3.05, 3.63) is 99.9 Å². The van der Waals surface area contributed by atoms with Crippen molar-refractivity contribution in [3.63, 3.8) is 0 Å². The van der Waals surface area contributed by atoms with Crippen LogP contribution in [0.3, 0.4) is 0 Å². The molecule has 5 nitrogen and oxygen atoms in total. The highest BCUT2D eigenvalue weighted by Crippen LogP contribution is 2.38. The largest absolute Gasteiger partial charge is 0.394 e. The van der Waals surface area contributed by atoms with Crippen molar-refractivity contribution in [2.75, 3.05) is 6.61 Å². The number of aliphatic hydroxyl groups is 1. The number of pyridine rings is 1. The summed E-state index contributed by atoms with van der Waals surface area (Å²) in [6.07, 6.45) is 10.5. The summed E-state index contributed by atoms with van der Waals surface area (Å²) in [5.74, 6) is 0.128. The zero-order valence-electron chi connectivity index (χ0n) is 24.5. The molecule has 1 saturated carbocycles. The third-order valence-electron chi connectivity index (χ3n) is 9.43. The van der Waals surface area contributed by atoms with Gasteiger partial charge in [0.1, 0.15) is 5.65 Å². The molecule has 2 aromatic carbocycles. The van der Waals surface area contributed by atoms with Crippen molar-refractivity contribution in [3.8, 4) is 0 Å². The molecule has 2 aliphatic carbocycles. The van der Waals surface area contributed by atoms with Crippen LogP contribution in [0.2, 0.25) is 0 Å². The molecule has 214 valence electrons. The van der Waals surface area contributed by atoms with Crippen LogP contribution in [0.4, 0.5) is 0 Å². The van der Waals surface area contributed by atoms with Gasteiger partial charge >= 0.3 is 0 Å². The molecule has 0 spiro atoms. The van der Waals surface area contributed by atoms with Gasteiger partial charge in [-0.25, -0.2) is 4.98 Å². The Morgan fingerprint density at radius 1 is 0.951 bits per heavy atom. The molecule has 6 rings (SSSR count). The highest BCUT2D eigenvalue weighted by Gasteiger charge is 2.32. The highest BCUT2D eigenvalue weighted by atomic mass is 16.3. The molecule has 5 heteroatoms. The Bertz CT molecular complexity index is 1500. The van der Waals surface area contributed by atoms with Crippen LogP contribution in [0.1, 0.15) is 96.1 Å². The van der Waals surface area contributed by atoms with Crippen LogP contribution < -0.4 is 5.32 Å². The van der Waals surface area contributed by atoms with Crippen LogP contribution in [0, 0.1) is 19.8 Å². The molecule has 41 heavy (non-hydrogen) atoms. The van der Waals surface area contributed by atoms with E-state index in [0.29, 0.717) is 5.92 Å². The number of amides is 1. The lowest BCUT2D eigenvalue weighted by molar-refractivity contribution is -0.125. The van der Waals surface area contributed by atoms with E-state index in [1.54, 1.807) is 0 Å².